The number of carbonyl (C=O) groups excluding carboxylic acids is 2. The van der Waals surface area contributed by atoms with E-state index in [0.29, 0.717) is 59.3 Å². The number of carbonyl (C=O) groups is 2. The number of likely N-dealkylation sites (tertiary alicyclic amines) is 2. The van der Waals surface area contributed by atoms with Crippen molar-refractivity contribution >= 4 is 84.0 Å². The number of fused-ring (bicyclic) bond motifs is 2. The van der Waals surface area contributed by atoms with E-state index in [9.17, 15) is 23.5 Å². The van der Waals surface area contributed by atoms with Crippen LogP contribution in [0.2, 0.25) is 5.15 Å². The number of halogens is 5. The smallest absolute Gasteiger partial charge is 0.322 e. The third-order valence-corrected chi connectivity index (χ3v) is 13.2. The Labute approximate surface area is 384 Å². The van der Waals surface area contributed by atoms with Gasteiger partial charge in [0, 0.05) is 60.1 Å². The fourth-order valence-corrected chi connectivity index (χ4v) is 9.73. The van der Waals surface area contributed by atoms with E-state index >= 15 is 0 Å². The summed E-state index contributed by atoms with van der Waals surface area (Å²) in [6.07, 6.45) is 12.2. The number of nitrogens with one attached hydrogen (secondary N) is 3. The molecular formula is C43H47Br2ClF2N12O3. The predicted octanol–water partition coefficient (Wildman–Crippen LogP) is 8.84. The lowest BCUT2D eigenvalue weighted by Crippen LogP contribution is -2.33. The molecule has 332 valence electrons. The first-order valence-corrected chi connectivity index (χ1v) is 22.9. The molecule has 0 aliphatic carbocycles. The van der Waals surface area contributed by atoms with Crippen molar-refractivity contribution in [1.29, 1.82) is 0 Å². The number of anilines is 3. The maximum atomic E-state index is 13.6. The van der Waals surface area contributed by atoms with E-state index in [-0.39, 0.29) is 29.7 Å². The van der Waals surface area contributed by atoms with Crippen LogP contribution in [-0.2, 0) is 0 Å². The summed E-state index contributed by atoms with van der Waals surface area (Å²) in [5.41, 5.74) is 4.41. The van der Waals surface area contributed by atoms with Gasteiger partial charge in [0.05, 0.1) is 24.5 Å². The predicted molar refractivity (Wildman–Crippen MR) is 244 cm³/mol. The van der Waals surface area contributed by atoms with Crippen LogP contribution in [0, 0.1) is 17.6 Å². The van der Waals surface area contributed by atoms with E-state index < -0.39 is 6.10 Å². The standard InChI is InChI=1S/C22H24BrFN6O.C11H12ClN5O2.C10H11BrFN/c1-14-6-9-28(13-14)22(31)26-18-12-25-30-10-7-20(27-21(18)30)29-8-2-3-19(29)16-5-4-15(24)11-17(16)23;12-9-2-4-17-10(15-9)8(5-13-17)14-11(19)16-3-1-7(18)6-16;11-9-6-7(12)3-4-8(9)10-2-1-5-13-10/h4-5,7,10-12,14,19H,2-3,6,8-9,13H2,1H3,(H,26,31);2,4-5,7,18H,1,3,6H2,(H,14,19);3-4,6,10,13H,1-2,5H2/t14-,19?;7-;/m00./s1. The summed E-state index contributed by atoms with van der Waals surface area (Å²) in [7, 11) is 0. The minimum absolute atomic E-state index is 0.108. The molecule has 0 bridgehead atoms. The molecule has 4 aromatic heterocycles. The second-order valence-corrected chi connectivity index (χ2v) is 18.2. The van der Waals surface area contributed by atoms with E-state index in [1.54, 1.807) is 27.9 Å². The van der Waals surface area contributed by atoms with Gasteiger partial charge in [-0.2, -0.15) is 10.2 Å². The molecule has 6 aromatic rings. The van der Waals surface area contributed by atoms with Gasteiger partial charge >= 0.3 is 12.1 Å². The lowest BCUT2D eigenvalue weighted by atomic mass is 10.0. The van der Waals surface area contributed by atoms with Gasteiger partial charge in [-0.1, -0.05) is 62.5 Å². The van der Waals surface area contributed by atoms with Gasteiger partial charge < -0.3 is 35.8 Å². The summed E-state index contributed by atoms with van der Waals surface area (Å²) in [5.74, 6) is 0.898. The Morgan fingerprint density at radius 3 is 1.98 bits per heavy atom. The van der Waals surface area contributed by atoms with Crippen molar-refractivity contribution in [3.63, 3.8) is 0 Å². The first kappa shape index (κ1) is 44.6. The van der Waals surface area contributed by atoms with Gasteiger partial charge in [-0.15, -0.1) is 0 Å². The van der Waals surface area contributed by atoms with Crippen molar-refractivity contribution < 1.29 is 23.5 Å². The van der Waals surface area contributed by atoms with Crippen LogP contribution in [-0.4, -0.2) is 102 Å². The molecule has 4 amide bonds. The van der Waals surface area contributed by atoms with Crippen LogP contribution in [0.5, 0.6) is 0 Å². The van der Waals surface area contributed by atoms with Crippen molar-refractivity contribution in [1.82, 2.24) is 44.3 Å². The second-order valence-electron chi connectivity index (χ2n) is 16.1. The highest BCUT2D eigenvalue weighted by atomic mass is 79.9. The Kier molecular flexibility index (Phi) is 14.1. The SMILES string of the molecule is C[C@H]1CCN(C(=O)Nc2cnn3ccc(N4CCCC4c4ccc(F)cc4Br)nc23)C1.Fc1ccc(C2CCCN2)c(Br)c1.O=C(Nc1cnn2ccc(Cl)nc12)N1CC[C@H](O)C1. The zero-order chi connectivity index (χ0) is 44.2. The zero-order valence-corrected chi connectivity index (χ0v) is 38.3. The average molecular weight is 1010 g/mol. The lowest BCUT2D eigenvalue weighted by Gasteiger charge is -2.27. The number of urea groups is 2. The van der Waals surface area contributed by atoms with Gasteiger partial charge in [0.15, 0.2) is 11.3 Å². The molecule has 0 saturated carbocycles. The number of aliphatic hydroxyl groups is 1. The molecule has 0 spiro atoms. The number of nitrogens with zero attached hydrogens (tertiary/aromatic N) is 9. The van der Waals surface area contributed by atoms with Crippen LogP contribution >= 0.6 is 43.5 Å². The lowest BCUT2D eigenvalue weighted by molar-refractivity contribution is 0.176. The molecular weight excluding hydrogens is 966 g/mol. The minimum atomic E-state index is -0.442. The molecule has 2 unspecified atom stereocenters. The number of hydrogen-bond donors (Lipinski definition) is 4. The Hall–Kier alpha value is -4.95. The maximum Gasteiger partial charge on any atom is 0.322 e. The van der Waals surface area contributed by atoms with Crippen LogP contribution in [0.15, 0.2) is 82.3 Å². The number of rotatable bonds is 5. The molecule has 4 aliphatic rings. The Morgan fingerprint density at radius 2 is 1.40 bits per heavy atom. The molecule has 2 aromatic carbocycles. The van der Waals surface area contributed by atoms with E-state index in [2.05, 4.69) is 74.8 Å². The van der Waals surface area contributed by atoms with Gasteiger partial charge in [-0.3, -0.25) is 0 Å². The van der Waals surface area contributed by atoms with E-state index in [4.69, 9.17) is 16.6 Å². The fraction of sp³-hybridized carbons (Fsp3) is 0.395. The minimum Gasteiger partial charge on any atom is -0.391 e. The summed E-state index contributed by atoms with van der Waals surface area (Å²) >= 11 is 12.7. The van der Waals surface area contributed by atoms with Crippen LogP contribution in [0.25, 0.3) is 11.3 Å². The van der Waals surface area contributed by atoms with Crippen molar-refractivity contribution in [2.45, 2.75) is 63.6 Å². The highest BCUT2D eigenvalue weighted by molar-refractivity contribution is 9.10. The van der Waals surface area contributed by atoms with Crippen molar-refractivity contribution in [2.75, 3.05) is 54.8 Å². The Morgan fingerprint density at radius 1 is 0.778 bits per heavy atom. The van der Waals surface area contributed by atoms with E-state index in [1.807, 2.05) is 29.3 Å². The normalized spacial score (nSPS) is 20.8. The molecule has 10 rings (SSSR count). The molecule has 8 heterocycles. The van der Waals surface area contributed by atoms with Gasteiger partial charge in [-0.25, -0.2) is 37.4 Å². The Balaban J connectivity index is 0.000000144. The topological polar surface area (TPSA) is 161 Å². The van der Waals surface area contributed by atoms with Gasteiger partial charge in [-0.05, 0) is 98.5 Å². The van der Waals surface area contributed by atoms with Gasteiger partial charge in [0.25, 0.3) is 0 Å². The molecule has 4 N–H and O–H groups in total. The first-order valence-electron chi connectivity index (χ1n) is 20.9. The monoisotopic (exact) mass is 1010 g/mol. The molecule has 20 heteroatoms. The zero-order valence-electron chi connectivity index (χ0n) is 34.4. The maximum absolute atomic E-state index is 13.6. The van der Waals surface area contributed by atoms with Gasteiger partial charge in [0.2, 0.25) is 0 Å². The average Bonchev–Trinajstić information content (AvgIpc) is 4.13. The third kappa shape index (κ3) is 10.5. The largest absolute Gasteiger partial charge is 0.391 e. The molecule has 63 heavy (non-hydrogen) atoms. The molecule has 15 nitrogen and oxygen atoms in total. The number of benzene rings is 2. The van der Waals surface area contributed by atoms with Crippen LogP contribution in [0.3, 0.4) is 0 Å². The number of β-amino-alcohol motifs (C(OH)–C–C–N with tert-alkyl or cyclic N) is 1. The summed E-state index contributed by atoms with van der Waals surface area (Å²) in [5, 5.41) is 27.2. The number of aliphatic hydroxyl groups excluding tert-OH is 1. The molecule has 4 aliphatic heterocycles. The van der Waals surface area contributed by atoms with Crippen LogP contribution in [0.4, 0.5) is 35.6 Å². The molecule has 0 radical (unpaired) electrons. The second kappa shape index (κ2) is 19.8. The van der Waals surface area contributed by atoms with E-state index in [1.165, 1.54) is 47.0 Å². The Bertz CT molecular complexity index is 2590. The summed E-state index contributed by atoms with van der Waals surface area (Å²) in [4.78, 5) is 39.2. The van der Waals surface area contributed by atoms with Crippen LogP contribution < -0.4 is 20.9 Å². The van der Waals surface area contributed by atoms with Crippen LogP contribution in [0.1, 0.15) is 68.7 Å². The number of amides is 4. The highest BCUT2D eigenvalue weighted by Gasteiger charge is 2.30. The van der Waals surface area contributed by atoms with Crippen molar-refractivity contribution in [3.8, 4) is 0 Å². The highest BCUT2D eigenvalue weighted by Crippen LogP contribution is 2.39. The van der Waals surface area contributed by atoms with Gasteiger partial charge in [0.1, 0.15) is 34.0 Å². The molecule has 4 fully saturated rings. The molecule has 4 atom stereocenters. The fourth-order valence-electron chi connectivity index (χ4n) is 8.35. The third-order valence-electron chi connectivity index (χ3n) is 11.6. The summed E-state index contributed by atoms with van der Waals surface area (Å²) in [6, 6.07) is 13.4. The number of aromatic nitrogens is 6. The molecule has 4 saturated heterocycles. The van der Waals surface area contributed by atoms with Crippen molar-refractivity contribution in [2.24, 2.45) is 5.92 Å². The summed E-state index contributed by atoms with van der Waals surface area (Å²) in [6.45, 7) is 6.51. The first-order chi connectivity index (χ1) is 30.4. The summed E-state index contributed by atoms with van der Waals surface area (Å²) < 4.78 is 31.2. The van der Waals surface area contributed by atoms with E-state index in [0.717, 1.165) is 72.2 Å². The van der Waals surface area contributed by atoms with Crippen molar-refractivity contribution in [3.05, 3.63) is 110 Å². The quantitative estimate of drug-likeness (QED) is 0.124. The number of hydrogen-bond acceptors (Lipinski definition) is 9.